The summed E-state index contributed by atoms with van der Waals surface area (Å²) in [7, 11) is 0. The van der Waals surface area contributed by atoms with Crippen LogP contribution < -0.4 is 5.32 Å². The first-order chi connectivity index (χ1) is 9.94. The predicted octanol–water partition coefficient (Wildman–Crippen LogP) is 2.97. The van der Waals surface area contributed by atoms with Crippen molar-refractivity contribution in [1.82, 2.24) is 15.3 Å². The zero-order chi connectivity index (χ0) is 15.3. The van der Waals surface area contributed by atoms with Gasteiger partial charge in [-0.3, -0.25) is 4.79 Å². The first kappa shape index (κ1) is 15.9. The van der Waals surface area contributed by atoms with Crippen molar-refractivity contribution in [3.63, 3.8) is 0 Å². The molecule has 0 saturated heterocycles. The van der Waals surface area contributed by atoms with Crippen molar-refractivity contribution in [2.45, 2.75) is 57.2 Å². The number of hydrogen-bond donors (Lipinski definition) is 2. The molecule has 0 spiro atoms. The number of H-pyrrole nitrogens is 1. The van der Waals surface area contributed by atoms with Gasteiger partial charge in [-0.1, -0.05) is 12.8 Å². The number of aromatic nitrogens is 2. The third-order valence-electron chi connectivity index (χ3n) is 3.93. The number of imidazole rings is 1. The van der Waals surface area contributed by atoms with Crippen molar-refractivity contribution < 1.29 is 18.0 Å². The van der Waals surface area contributed by atoms with E-state index in [2.05, 4.69) is 15.3 Å². The quantitative estimate of drug-likeness (QED) is 0.878. The maximum Gasteiger partial charge on any atom is 0.389 e. The number of carbonyl (C=O) groups excluding carboxylic acids is 1. The number of hydrogen-bond acceptors (Lipinski definition) is 2. The number of nitrogens with one attached hydrogen (secondary N) is 2. The van der Waals surface area contributed by atoms with E-state index in [0.29, 0.717) is 19.3 Å². The zero-order valence-electron chi connectivity index (χ0n) is 11.7. The van der Waals surface area contributed by atoms with Gasteiger partial charge in [0.1, 0.15) is 0 Å². The van der Waals surface area contributed by atoms with Gasteiger partial charge < -0.3 is 10.3 Å². The molecule has 118 valence electrons. The van der Waals surface area contributed by atoms with Crippen LogP contribution in [0.5, 0.6) is 0 Å². The zero-order valence-corrected chi connectivity index (χ0v) is 11.7. The van der Waals surface area contributed by atoms with Gasteiger partial charge in [-0.05, 0) is 25.2 Å². The summed E-state index contributed by atoms with van der Waals surface area (Å²) in [5, 5.41) is 2.78. The van der Waals surface area contributed by atoms with Crippen molar-refractivity contribution in [3.8, 4) is 0 Å². The molecule has 0 aromatic carbocycles. The molecule has 1 aliphatic carbocycles. The van der Waals surface area contributed by atoms with Crippen molar-refractivity contribution in [2.24, 2.45) is 5.92 Å². The van der Waals surface area contributed by atoms with Crippen LogP contribution in [0.1, 0.15) is 44.2 Å². The lowest BCUT2D eigenvalue weighted by Crippen LogP contribution is -2.43. The Labute approximate surface area is 121 Å². The first-order valence-electron chi connectivity index (χ1n) is 7.27. The normalized spacial score (nSPS) is 23.0. The van der Waals surface area contributed by atoms with Gasteiger partial charge in [-0.25, -0.2) is 4.98 Å². The fraction of sp³-hybridized carbons (Fsp3) is 0.714. The predicted molar refractivity (Wildman–Crippen MR) is 71.5 cm³/mol. The third-order valence-corrected chi connectivity index (χ3v) is 3.93. The summed E-state index contributed by atoms with van der Waals surface area (Å²) in [5.74, 6) is -0.682. The van der Waals surface area contributed by atoms with E-state index in [1.807, 2.05) is 0 Å². The topological polar surface area (TPSA) is 57.8 Å². The maximum absolute atomic E-state index is 12.6. The van der Waals surface area contributed by atoms with E-state index in [0.717, 1.165) is 18.5 Å². The van der Waals surface area contributed by atoms with Crippen LogP contribution in [0.2, 0.25) is 0 Å². The first-order valence-corrected chi connectivity index (χ1v) is 7.27. The van der Waals surface area contributed by atoms with Gasteiger partial charge in [0.25, 0.3) is 0 Å². The summed E-state index contributed by atoms with van der Waals surface area (Å²) in [5.41, 5.74) is 0.848. The summed E-state index contributed by atoms with van der Waals surface area (Å²) in [4.78, 5) is 18.6. The van der Waals surface area contributed by atoms with Gasteiger partial charge in [0, 0.05) is 30.8 Å². The highest BCUT2D eigenvalue weighted by Crippen LogP contribution is 2.34. The Morgan fingerprint density at radius 2 is 2.14 bits per heavy atom. The molecule has 1 heterocycles. The van der Waals surface area contributed by atoms with Crippen LogP contribution in [-0.4, -0.2) is 28.1 Å². The van der Waals surface area contributed by atoms with Crippen molar-refractivity contribution in [1.29, 1.82) is 0 Å². The van der Waals surface area contributed by atoms with Gasteiger partial charge in [0.2, 0.25) is 5.91 Å². The molecule has 0 aliphatic heterocycles. The van der Waals surface area contributed by atoms with Crippen LogP contribution in [0.4, 0.5) is 13.2 Å². The monoisotopic (exact) mass is 303 g/mol. The number of rotatable bonds is 5. The van der Waals surface area contributed by atoms with Gasteiger partial charge in [-0.2, -0.15) is 13.2 Å². The van der Waals surface area contributed by atoms with Crippen LogP contribution in [0.3, 0.4) is 0 Å². The molecule has 1 aromatic rings. The molecule has 0 unspecified atom stereocenters. The van der Waals surface area contributed by atoms with Crippen molar-refractivity contribution in [3.05, 3.63) is 18.2 Å². The Hall–Kier alpha value is -1.53. The van der Waals surface area contributed by atoms with E-state index in [4.69, 9.17) is 0 Å². The standard InChI is InChI=1S/C14H20F3N3O/c15-14(16,17)7-10-3-1-2-4-12(10)20-13(21)6-5-11-8-18-9-19-11/h8-10,12H,1-7H2,(H,18,19)(H,20,21)/t10-,12-/m0/s1. The lowest BCUT2D eigenvalue weighted by molar-refractivity contribution is -0.150. The molecule has 1 amide bonds. The summed E-state index contributed by atoms with van der Waals surface area (Å²) in [6, 6.07) is -0.352. The molecule has 1 aromatic heterocycles. The Balaban J connectivity index is 1.82. The highest BCUT2D eigenvalue weighted by molar-refractivity contribution is 5.76. The van der Waals surface area contributed by atoms with Gasteiger partial charge in [0.05, 0.1) is 6.33 Å². The minimum atomic E-state index is -4.17. The van der Waals surface area contributed by atoms with E-state index in [1.165, 1.54) is 6.33 Å². The molecule has 1 saturated carbocycles. The molecule has 4 nitrogen and oxygen atoms in total. The molecule has 2 atom stereocenters. The van der Waals surface area contributed by atoms with E-state index in [1.54, 1.807) is 6.20 Å². The van der Waals surface area contributed by atoms with E-state index < -0.39 is 18.5 Å². The van der Waals surface area contributed by atoms with Crippen LogP contribution in [0.25, 0.3) is 0 Å². The Kier molecular flexibility index (Phi) is 5.25. The Morgan fingerprint density at radius 1 is 1.38 bits per heavy atom. The summed E-state index contributed by atoms with van der Waals surface area (Å²) in [6.45, 7) is 0. The van der Waals surface area contributed by atoms with Crippen LogP contribution in [0.15, 0.2) is 12.5 Å². The van der Waals surface area contributed by atoms with Crippen LogP contribution in [-0.2, 0) is 11.2 Å². The van der Waals surface area contributed by atoms with Crippen LogP contribution in [0, 0.1) is 5.92 Å². The molecule has 7 heteroatoms. The van der Waals surface area contributed by atoms with Crippen LogP contribution >= 0.6 is 0 Å². The lowest BCUT2D eigenvalue weighted by atomic mass is 9.82. The van der Waals surface area contributed by atoms with Crippen molar-refractivity contribution in [2.75, 3.05) is 0 Å². The fourth-order valence-corrected chi connectivity index (χ4v) is 2.89. The fourth-order valence-electron chi connectivity index (χ4n) is 2.89. The van der Waals surface area contributed by atoms with Gasteiger partial charge >= 0.3 is 6.18 Å². The average molecular weight is 303 g/mol. The highest BCUT2D eigenvalue weighted by Gasteiger charge is 2.37. The second kappa shape index (κ2) is 6.95. The minimum absolute atomic E-state index is 0.191. The Morgan fingerprint density at radius 3 is 2.81 bits per heavy atom. The molecule has 0 bridgehead atoms. The number of amides is 1. The SMILES string of the molecule is O=C(CCc1cnc[nH]1)N[C@H]1CCCC[C@H]1CC(F)(F)F. The number of aromatic amines is 1. The summed E-state index contributed by atoms with van der Waals surface area (Å²) >= 11 is 0. The largest absolute Gasteiger partial charge is 0.389 e. The molecule has 1 fully saturated rings. The third kappa shape index (κ3) is 5.40. The second-order valence-corrected chi connectivity index (χ2v) is 5.61. The minimum Gasteiger partial charge on any atom is -0.353 e. The molecular formula is C14H20F3N3O. The average Bonchev–Trinajstić information content (AvgIpc) is 2.90. The molecule has 2 N–H and O–H groups in total. The molecule has 1 aliphatic rings. The number of halogens is 3. The smallest absolute Gasteiger partial charge is 0.353 e. The molecule has 21 heavy (non-hydrogen) atoms. The van der Waals surface area contributed by atoms with E-state index in [9.17, 15) is 18.0 Å². The van der Waals surface area contributed by atoms with Gasteiger partial charge in [0.15, 0.2) is 0 Å². The molecule has 2 rings (SSSR count). The van der Waals surface area contributed by atoms with E-state index >= 15 is 0 Å². The molecular weight excluding hydrogens is 283 g/mol. The molecule has 0 radical (unpaired) electrons. The number of alkyl halides is 3. The lowest BCUT2D eigenvalue weighted by Gasteiger charge is -2.32. The summed E-state index contributed by atoms with van der Waals surface area (Å²) < 4.78 is 37.7. The summed E-state index contributed by atoms with van der Waals surface area (Å²) in [6.07, 6.45) is 1.83. The number of nitrogens with zero attached hydrogens (tertiary/aromatic N) is 1. The number of carbonyl (C=O) groups is 1. The highest BCUT2D eigenvalue weighted by atomic mass is 19.4. The van der Waals surface area contributed by atoms with Crippen molar-refractivity contribution >= 4 is 5.91 Å². The van der Waals surface area contributed by atoms with Gasteiger partial charge in [-0.15, -0.1) is 0 Å². The number of aryl methyl sites for hydroxylation is 1. The Bertz CT molecular complexity index is 445. The second-order valence-electron chi connectivity index (χ2n) is 5.61. The maximum atomic E-state index is 12.6. The van der Waals surface area contributed by atoms with E-state index in [-0.39, 0.29) is 18.4 Å².